The first-order chi connectivity index (χ1) is 8.17. The Morgan fingerprint density at radius 3 is 2.88 bits per heavy atom. The Balaban J connectivity index is 2.42. The molecule has 0 radical (unpaired) electrons. The van der Waals surface area contributed by atoms with Gasteiger partial charge in [0.25, 0.3) is 0 Å². The van der Waals surface area contributed by atoms with Gasteiger partial charge in [-0.3, -0.25) is 0 Å². The van der Waals surface area contributed by atoms with E-state index in [0.717, 1.165) is 36.3 Å². The fraction of sp³-hybridized carbons (Fsp3) is 0.538. The standard InChI is InChI=1S/C13H21BrN2O/c1-10(8-15)9-16-6-5-11-7-12(14)3-4-13(11)17-2/h3-4,7,10,16H,5-6,8-9,15H2,1-2H3. The summed E-state index contributed by atoms with van der Waals surface area (Å²) in [5, 5.41) is 3.40. The number of halogens is 1. The molecule has 1 aromatic rings. The number of nitrogens with one attached hydrogen (secondary N) is 1. The fourth-order valence-electron chi connectivity index (χ4n) is 1.60. The maximum atomic E-state index is 5.56. The van der Waals surface area contributed by atoms with E-state index in [0.29, 0.717) is 5.92 Å². The van der Waals surface area contributed by atoms with Gasteiger partial charge in [0.2, 0.25) is 0 Å². The van der Waals surface area contributed by atoms with Gasteiger partial charge in [0.05, 0.1) is 7.11 Å². The molecule has 3 N–H and O–H groups in total. The number of nitrogens with two attached hydrogens (primary N) is 1. The van der Waals surface area contributed by atoms with Crippen LogP contribution < -0.4 is 15.8 Å². The molecule has 3 nitrogen and oxygen atoms in total. The Bertz CT molecular complexity index is 344. The summed E-state index contributed by atoms with van der Waals surface area (Å²) in [7, 11) is 1.71. The highest BCUT2D eigenvalue weighted by atomic mass is 79.9. The quantitative estimate of drug-likeness (QED) is 0.759. The van der Waals surface area contributed by atoms with Gasteiger partial charge in [-0.2, -0.15) is 0 Å². The molecule has 0 aliphatic heterocycles. The summed E-state index contributed by atoms with van der Waals surface area (Å²) in [5.41, 5.74) is 6.78. The maximum Gasteiger partial charge on any atom is 0.122 e. The summed E-state index contributed by atoms with van der Waals surface area (Å²) >= 11 is 3.48. The summed E-state index contributed by atoms with van der Waals surface area (Å²) in [4.78, 5) is 0. The minimum atomic E-state index is 0.527. The van der Waals surface area contributed by atoms with Crippen molar-refractivity contribution in [3.8, 4) is 5.75 Å². The van der Waals surface area contributed by atoms with Crippen molar-refractivity contribution >= 4 is 15.9 Å². The van der Waals surface area contributed by atoms with Crippen LogP contribution in [0, 0.1) is 5.92 Å². The monoisotopic (exact) mass is 300 g/mol. The van der Waals surface area contributed by atoms with Crippen LogP contribution in [0.4, 0.5) is 0 Å². The van der Waals surface area contributed by atoms with Crippen LogP contribution in [-0.4, -0.2) is 26.7 Å². The Kier molecular flexibility index (Phi) is 6.55. The molecule has 0 saturated carbocycles. The van der Waals surface area contributed by atoms with Gasteiger partial charge >= 0.3 is 0 Å². The molecule has 17 heavy (non-hydrogen) atoms. The first-order valence-corrected chi connectivity index (χ1v) is 6.70. The predicted molar refractivity (Wildman–Crippen MR) is 75.5 cm³/mol. The van der Waals surface area contributed by atoms with Gasteiger partial charge in [0, 0.05) is 4.47 Å². The molecule has 0 aliphatic carbocycles. The largest absolute Gasteiger partial charge is 0.496 e. The van der Waals surface area contributed by atoms with Gasteiger partial charge in [0.15, 0.2) is 0 Å². The number of ether oxygens (including phenoxy) is 1. The van der Waals surface area contributed by atoms with Gasteiger partial charge in [-0.1, -0.05) is 22.9 Å². The Morgan fingerprint density at radius 1 is 1.47 bits per heavy atom. The molecular formula is C13H21BrN2O. The molecule has 0 fully saturated rings. The van der Waals surface area contributed by atoms with Crippen molar-refractivity contribution in [2.24, 2.45) is 11.7 Å². The van der Waals surface area contributed by atoms with E-state index in [1.165, 1.54) is 5.56 Å². The van der Waals surface area contributed by atoms with E-state index in [9.17, 15) is 0 Å². The molecule has 0 saturated heterocycles. The van der Waals surface area contributed by atoms with Gasteiger partial charge in [0.1, 0.15) is 5.75 Å². The molecule has 1 atom stereocenters. The predicted octanol–water partition coefficient (Wildman–Crippen LogP) is 2.18. The average molecular weight is 301 g/mol. The summed E-state index contributed by atoms with van der Waals surface area (Å²) < 4.78 is 6.42. The summed E-state index contributed by atoms with van der Waals surface area (Å²) in [6.07, 6.45) is 0.958. The Hall–Kier alpha value is -0.580. The van der Waals surface area contributed by atoms with E-state index in [-0.39, 0.29) is 0 Å². The van der Waals surface area contributed by atoms with Crippen molar-refractivity contribution in [2.75, 3.05) is 26.7 Å². The Labute approximate surface area is 112 Å². The van der Waals surface area contributed by atoms with Crippen LogP contribution in [0.3, 0.4) is 0 Å². The number of benzene rings is 1. The van der Waals surface area contributed by atoms with Crippen LogP contribution >= 0.6 is 15.9 Å². The molecule has 96 valence electrons. The Morgan fingerprint density at radius 2 is 2.24 bits per heavy atom. The normalized spacial score (nSPS) is 12.5. The first-order valence-electron chi connectivity index (χ1n) is 5.90. The zero-order valence-corrected chi connectivity index (χ0v) is 12.1. The second kappa shape index (κ2) is 7.69. The number of rotatable bonds is 7. The van der Waals surface area contributed by atoms with E-state index >= 15 is 0 Å². The molecule has 1 aromatic carbocycles. The lowest BCUT2D eigenvalue weighted by molar-refractivity contribution is 0.408. The van der Waals surface area contributed by atoms with E-state index < -0.39 is 0 Å². The molecule has 1 rings (SSSR count). The third-order valence-electron chi connectivity index (χ3n) is 2.71. The maximum absolute atomic E-state index is 5.56. The highest BCUT2D eigenvalue weighted by Crippen LogP contribution is 2.23. The molecule has 0 spiro atoms. The second-order valence-electron chi connectivity index (χ2n) is 4.25. The minimum absolute atomic E-state index is 0.527. The minimum Gasteiger partial charge on any atom is -0.496 e. The van der Waals surface area contributed by atoms with Crippen LogP contribution in [0.2, 0.25) is 0 Å². The molecule has 1 unspecified atom stereocenters. The lowest BCUT2D eigenvalue weighted by atomic mass is 10.1. The average Bonchev–Trinajstić information content (AvgIpc) is 2.34. The fourth-order valence-corrected chi connectivity index (χ4v) is 2.01. The topological polar surface area (TPSA) is 47.3 Å². The van der Waals surface area contributed by atoms with Crippen LogP contribution in [0.1, 0.15) is 12.5 Å². The van der Waals surface area contributed by atoms with Gasteiger partial charge in [-0.15, -0.1) is 0 Å². The van der Waals surface area contributed by atoms with Crippen molar-refractivity contribution in [3.63, 3.8) is 0 Å². The van der Waals surface area contributed by atoms with Crippen LogP contribution in [0.5, 0.6) is 5.75 Å². The molecule has 0 amide bonds. The molecule has 0 bridgehead atoms. The van der Waals surface area contributed by atoms with Crippen LogP contribution in [0.15, 0.2) is 22.7 Å². The van der Waals surface area contributed by atoms with Gasteiger partial charge in [-0.05, 0) is 55.7 Å². The van der Waals surface area contributed by atoms with Crippen LogP contribution in [-0.2, 0) is 6.42 Å². The second-order valence-corrected chi connectivity index (χ2v) is 5.17. The molecular weight excluding hydrogens is 280 g/mol. The lowest BCUT2D eigenvalue weighted by Crippen LogP contribution is -2.27. The van der Waals surface area contributed by atoms with Crippen LogP contribution in [0.25, 0.3) is 0 Å². The van der Waals surface area contributed by atoms with Crippen molar-refractivity contribution in [2.45, 2.75) is 13.3 Å². The summed E-state index contributed by atoms with van der Waals surface area (Å²) in [6.45, 7) is 4.78. The third-order valence-corrected chi connectivity index (χ3v) is 3.20. The van der Waals surface area contributed by atoms with E-state index in [1.807, 2.05) is 12.1 Å². The zero-order valence-electron chi connectivity index (χ0n) is 10.5. The summed E-state index contributed by atoms with van der Waals surface area (Å²) in [5.74, 6) is 1.47. The van der Waals surface area contributed by atoms with Gasteiger partial charge in [-0.25, -0.2) is 0 Å². The SMILES string of the molecule is COc1ccc(Br)cc1CCNCC(C)CN. The van der Waals surface area contributed by atoms with Crippen molar-refractivity contribution in [3.05, 3.63) is 28.2 Å². The van der Waals surface area contributed by atoms with E-state index in [4.69, 9.17) is 10.5 Å². The molecule has 0 aromatic heterocycles. The molecule has 0 heterocycles. The highest BCUT2D eigenvalue weighted by molar-refractivity contribution is 9.10. The number of hydrogen-bond acceptors (Lipinski definition) is 3. The van der Waals surface area contributed by atoms with Crippen molar-refractivity contribution in [1.29, 1.82) is 0 Å². The zero-order chi connectivity index (χ0) is 12.7. The number of hydrogen-bond donors (Lipinski definition) is 2. The summed E-state index contributed by atoms with van der Waals surface area (Å²) in [6, 6.07) is 6.08. The third kappa shape index (κ3) is 5.06. The lowest BCUT2D eigenvalue weighted by Gasteiger charge is -2.12. The van der Waals surface area contributed by atoms with E-state index in [1.54, 1.807) is 7.11 Å². The first kappa shape index (κ1) is 14.5. The molecule has 0 aliphatic rings. The molecule has 4 heteroatoms. The van der Waals surface area contributed by atoms with Gasteiger partial charge < -0.3 is 15.8 Å². The van der Waals surface area contributed by atoms with Crippen molar-refractivity contribution in [1.82, 2.24) is 5.32 Å². The highest BCUT2D eigenvalue weighted by Gasteiger charge is 2.04. The van der Waals surface area contributed by atoms with E-state index in [2.05, 4.69) is 34.2 Å². The van der Waals surface area contributed by atoms with Crippen molar-refractivity contribution < 1.29 is 4.74 Å². The number of methoxy groups -OCH3 is 1. The smallest absolute Gasteiger partial charge is 0.122 e.